The number of hydrogen-bond donors (Lipinski definition) is 2. The molecule has 2 heterocycles. The Labute approximate surface area is 127 Å². The van der Waals surface area contributed by atoms with Crippen molar-refractivity contribution < 1.29 is 23.1 Å². The van der Waals surface area contributed by atoms with Crippen LogP contribution < -0.4 is 5.73 Å². The number of carboxylic acids is 1. The zero-order chi connectivity index (χ0) is 16.8. The van der Waals surface area contributed by atoms with E-state index in [-0.39, 0.29) is 28.2 Å². The minimum Gasteiger partial charge on any atom is -0.478 e. The molecule has 3 N–H and O–H groups in total. The quantitative estimate of drug-likeness (QED) is 0.756. The summed E-state index contributed by atoms with van der Waals surface area (Å²) in [5.74, 6) is -1.49. The highest BCUT2D eigenvalue weighted by Gasteiger charge is 2.36. The first-order valence-electron chi connectivity index (χ1n) is 6.32. The molecule has 0 amide bonds. The number of nitrogens with two attached hydrogens (primary N) is 1. The molecule has 0 saturated heterocycles. The maximum atomic E-state index is 13.2. The van der Waals surface area contributed by atoms with Crippen LogP contribution in [0.2, 0.25) is 0 Å². The lowest BCUT2D eigenvalue weighted by Crippen LogP contribution is -2.07. The van der Waals surface area contributed by atoms with E-state index >= 15 is 0 Å². The summed E-state index contributed by atoms with van der Waals surface area (Å²) in [6, 6.07) is 6.42. The molecule has 0 spiro atoms. The summed E-state index contributed by atoms with van der Waals surface area (Å²) in [6.45, 7) is 0. The van der Waals surface area contributed by atoms with Gasteiger partial charge in [0.1, 0.15) is 11.8 Å². The average Bonchev–Trinajstić information content (AvgIpc) is 2.88. The number of aromatic carboxylic acids is 1. The van der Waals surface area contributed by atoms with E-state index in [4.69, 9.17) is 10.8 Å². The number of nitrogen functional groups attached to an aromatic ring is 1. The molecule has 118 valence electrons. The third-order valence-electron chi connectivity index (χ3n) is 3.29. The number of aromatic nitrogens is 3. The van der Waals surface area contributed by atoms with Crippen LogP contribution in [0.3, 0.4) is 0 Å². The van der Waals surface area contributed by atoms with Crippen LogP contribution in [-0.4, -0.2) is 25.7 Å². The summed E-state index contributed by atoms with van der Waals surface area (Å²) in [5.41, 5.74) is 4.51. The Morgan fingerprint density at radius 3 is 2.65 bits per heavy atom. The second-order valence-corrected chi connectivity index (χ2v) is 4.73. The van der Waals surface area contributed by atoms with Crippen LogP contribution in [0.4, 0.5) is 19.0 Å². The van der Waals surface area contributed by atoms with E-state index < -0.39 is 17.7 Å². The van der Waals surface area contributed by atoms with Gasteiger partial charge < -0.3 is 10.8 Å². The Morgan fingerprint density at radius 1 is 1.26 bits per heavy atom. The number of hydrogen-bond acceptors (Lipinski definition) is 4. The first kappa shape index (κ1) is 14.8. The Balaban J connectivity index is 2.33. The maximum Gasteiger partial charge on any atom is 0.418 e. The molecule has 0 aliphatic rings. The third-order valence-corrected chi connectivity index (χ3v) is 3.29. The van der Waals surface area contributed by atoms with Crippen molar-refractivity contribution in [3.05, 3.63) is 47.8 Å². The lowest BCUT2D eigenvalue weighted by molar-refractivity contribution is -0.136. The van der Waals surface area contributed by atoms with Crippen molar-refractivity contribution in [2.24, 2.45) is 0 Å². The molecule has 3 rings (SSSR count). The van der Waals surface area contributed by atoms with Gasteiger partial charge >= 0.3 is 12.1 Å². The number of nitrogens with zero attached hydrogens (tertiary/aromatic N) is 3. The van der Waals surface area contributed by atoms with Gasteiger partial charge in [-0.1, -0.05) is 12.1 Å². The van der Waals surface area contributed by atoms with E-state index in [0.717, 1.165) is 16.9 Å². The van der Waals surface area contributed by atoms with Crippen molar-refractivity contribution in [3.63, 3.8) is 0 Å². The molecular formula is C14H9F3N4O2. The zero-order valence-corrected chi connectivity index (χ0v) is 11.4. The van der Waals surface area contributed by atoms with Gasteiger partial charge in [0.05, 0.1) is 16.8 Å². The van der Waals surface area contributed by atoms with Gasteiger partial charge in [-0.25, -0.2) is 14.3 Å². The summed E-state index contributed by atoms with van der Waals surface area (Å²) in [5, 5.41) is 12.8. The molecule has 9 heteroatoms. The SMILES string of the molecule is Nc1ncnn2c(-c3cccc(C(=O)O)c3)cc(C(F)(F)F)c12. The monoisotopic (exact) mass is 322 g/mol. The maximum absolute atomic E-state index is 13.2. The molecule has 0 fully saturated rings. The van der Waals surface area contributed by atoms with Crippen molar-refractivity contribution in [3.8, 4) is 11.3 Å². The topological polar surface area (TPSA) is 93.5 Å². The normalized spacial score (nSPS) is 11.8. The number of rotatable bonds is 2. The van der Waals surface area contributed by atoms with Gasteiger partial charge in [-0.15, -0.1) is 0 Å². The van der Waals surface area contributed by atoms with Gasteiger partial charge in [-0.2, -0.15) is 18.3 Å². The molecule has 0 aliphatic carbocycles. The predicted molar refractivity (Wildman–Crippen MR) is 74.8 cm³/mol. The minimum atomic E-state index is -4.65. The predicted octanol–water partition coefficient (Wildman–Crippen LogP) is 2.70. The van der Waals surface area contributed by atoms with Crippen LogP contribution in [-0.2, 0) is 6.18 Å². The van der Waals surface area contributed by atoms with Crippen molar-refractivity contribution in [2.45, 2.75) is 6.18 Å². The molecule has 0 saturated carbocycles. The largest absolute Gasteiger partial charge is 0.478 e. The lowest BCUT2D eigenvalue weighted by Gasteiger charge is -2.05. The zero-order valence-electron chi connectivity index (χ0n) is 11.4. The molecule has 6 nitrogen and oxygen atoms in total. The Hall–Kier alpha value is -3.10. The Bertz CT molecular complexity index is 918. The molecule has 1 aromatic carbocycles. The smallest absolute Gasteiger partial charge is 0.418 e. The second-order valence-electron chi connectivity index (χ2n) is 4.73. The van der Waals surface area contributed by atoms with E-state index in [1.54, 1.807) is 0 Å². The Morgan fingerprint density at radius 2 is 2.00 bits per heavy atom. The summed E-state index contributed by atoms with van der Waals surface area (Å²) in [7, 11) is 0. The first-order valence-corrected chi connectivity index (χ1v) is 6.32. The second kappa shape index (κ2) is 4.97. The molecule has 0 radical (unpaired) electrons. The molecule has 0 bridgehead atoms. The van der Waals surface area contributed by atoms with Crippen LogP contribution in [0.15, 0.2) is 36.7 Å². The number of fused-ring (bicyclic) bond motifs is 1. The fraction of sp³-hybridized carbons (Fsp3) is 0.0714. The van der Waals surface area contributed by atoms with Crippen LogP contribution in [0.25, 0.3) is 16.8 Å². The first-order chi connectivity index (χ1) is 10.8. The van der Waals surface area contributed by atoms with Crippen LogP contribution in [0.5, 0.6) is 0 Å². The number of carbonyl (C=O) groups is 1. The molecule has 2 aromatic heterocycles. The molecule has 0 unspecified atom stereocenters. The number of carboxylic acid groups (broad SMARTS) is 1. The van der Waals surface area contributed by atoms with Crippen LogP contribution in [0.1, 0.15) is 15.9 Å². The van der Waals surface area contributed by atoms with Crippen molar-refractivity contribution >= 4 is 17.3 Å². The number of benzene rings is 1. The van der Waals surface area contributed by atoms with Crippen molar-refractivity contribution in [1.82, 2.24) is 14.6 Å². The summed E-state index contributed by atoms with van der Waals surface area (Å²) in [4.78, 5) is 14.6. The van der Waals surface area contributed by atoms with Gasteiger partial charge in [0.15, 0.2) is 5.82 Å². The van der Waals surface area contributed by atoms with E-state index in [2.05, 4.69) is 10.1 Å². The lowest BCUT2D eigenvalue weighted by atomic mass is 10.1. The minimum absolute atomic E-state index is 0.0481. The number of halogens is 3. The van der Waals surface area contributed by atoms with E-state index in [1.165, 1.54) is 24.3 Å². The van der Waals surface area contributed by atoms with Gasteiger partial charge in [-0.3, -0.25) is 0 Å². The van der Waals surface area contributed by atoms with Gasteiger partial charge in [-0.05, 0) is 18.2 Å². The van der Waals surface area contributed by atoms with Crippen molar-refractivity contribution in [1.29, 1.82) is 0 Å². The Kier molecular flexibility index (Phi) is 3.20. The number of alkyl halides is 3. The summed E-state index contributed by atoms with van der Waals surface area (Å²) in [6.07, 6.45) is -3.61. The van der Waals surface area contributed by atoms with Crippen molar-refractivity contribution in [2.75, 3.05) is 5.73 Å². The van der Waals surface area contributed by atoms with E-state index in [9.17, 15) is 18.0 Å². The molecule has 0 atom stereocenters. The highest BCUT2D eigenvalue weighted by molar-refractivity contribution is 5.89. The van der Waals surface area contributed by atoms with Gasteiger partial charge in [0.25, 0.3) is 0 Å². The van der Waals surface area contributed by atoms with Gasteiger partial charge in [0, 0.05) is 5.56 Å². The van der Waals surface area contributed by atoms with Crippen LogP contribution in [0, 0.1) is 0 Å². The summed E-state index contributed by atoms with van der Waals surface area (Å²) >= 11 is 0. The molecule has 3 aromatic rings. The highest BCUT2D eigenvalue weighted by atomic mass is 19.4. The fourth-order valence-electron chi connectivity index (χ4n) is 2.30. The standard InChI is InChI=1S/C14H9F3N4O2/c15-14(16,17)9-5-10(21-11(9)12(18)19-6-20-21)7-2-1-3-8(4-7)13(22)23/h1-6H,(H,22,23)(H2,18,19,20). The van der Waals surface area contributed by atoms with E-state index in [0.29, 0.717) is 0 Å². The summed E-state index contributed by atoms with van der Waals surface area (Å²) < 4.78 is 40.7. The number of anilines is 1. The third kappa shape index (κ3) is 2.45. The molecular weight excluding hydrogens is 313 g/mol. The molecule has 0 aliphatic heterocycles. The highest BCUT2D eigenvalue weighted by Crippen LogP contribution is 2.38. The van der Waals surface area contributed by atoms with E-state index in [1.807, 2.05) is 0 Å². The fourth-order valence-corrected chi connectivity index (χ4v) is 2.30. The van der Waals surface area contributed by atoms with Gasteiger partial charge in [0.2, 0.25) is 0 Å². The molecule has 23 heavy (non-hydrogen) atoms. The average molecular weight is 322 g/mol. The van der Waals surface area contributed by atoms with Crippen LogP contribution >= 0.6 is 0 Å².